The quantitative estimate of drug-likeness (QED) is 0.691. The molecule has 3 rings (SSSR count). The Bertz CT molecular complexity index is 404. The van der Waals surface area contributed by atoms with Crippen LogP contribution in [0.5, 0.6) is 0 Å². The van der Waals surface area contributed by atoms with Crippen LogP contribution >= 0.6 is 0 Å². The van der Waals surface area contributed by atoms with Gasteiger partial charge in [-0.1, -0.05) is 36.8 Å². The summed E-state index contributed by atoms with van der Waals surface area (Å²) in [5, 5.41) is 0. The van der Waals surface area contributed by atoms with Crippen molar-refractivity contribution in [1.82, 2.24) is 0 Å². The molecule has 1 saturated carbocycles. The fourth-order valence-electron chi connectivity index (χ4n) is 3.22. The summed E-state index contributed by atoms with van der Waals surface area (Å²) in [7, 11) is 0. The number of ether oxygens (including phenoxy) is 1. The number of hydrogen-bond donors (Lipinski definition) is 0. The molecular formula is C15H18O2. The van der Waals surface area contributed by atoms with E-state index in [-0.39, 0.29) is 17.5 Å². The molecule has 1 aromatic rings. The minimum absolute atomic E-state index is 0.0156. The molecule has 0 radical (unpaired) electrons. The fourth-order valence-corrected chi connectivity index (χ4v) is 3.22. The van der Waals surface area contributed by atoms with E-state index in [0.29, 0.717) is 0 Å². The van der Waals surface area contributed by atoms with Crippen LogP contribution in [0.4, 0.5) is 0 Å². The highest BCUT2D eigenvalue weighted by Gasteiger charge is 2.47. The minimum Gasteiger partial charge on any atom is -0.459 e. The third kappa shape index (κ3) is 1.97. The van der Waals surface area contributed by atoms with Crippen molar-refractivity contribution in [3.63, 3.8) is 0 Å². The maximum absolute atomic E-state index is 12.0. The highest BCUT2D eigenvalue weighted by atomic mass is 16.6. The molecule has 17 heavy (non-hydrogen) atoms. The Hall–Kier alpha value is -1.31. The van der Waals surface area contributed by atoms with Gasteiger partial charge in [0.25, 0.3) is 0 Å². The monoisotopic (exact) mass is 230 g/mol. The fraction of sp³-hybridized carbons (Fsp3) is 0.533. The van der Waals surface area contributed by atoms with E-state index in [2.05, 4.69) is 0 Å². The molecule has 1 aliphatic heterocycles. The van der Waals surface area contributed by atoms with Crippen LogP contribution in [0, 0.1) is 0 Å². The van der Waals surface area contributed by atoms with Crippen molar-refractivity contribution in [3.05, 3.63) is 35.9 Å². The van der Waals surface area contributed by atoms with E-state index in [1.54, 1.807) is 0 Å². The highest BCUT2D eigenvalue weighted by Crippen LogP contribution is 2.45. The summed E-state index contributed by atoms with van der Waals surface area (Å²) in [5.74, 6) is -0.0487. The van der Waals surface area contributed by atoms with Crippen molar-refractivity contribution < 1.29 is 9.53 Å². The summed E-state index contributed by atoms with van der Waals surface area (Å²) >= 11 is 0. The zero-order valence-electron chi connectivity index (χ0n) is 10.0. The molecule has 1 aliphatic carbocycles. The SMILES string of the molecule is O=C1OC2(CCCCC2)CC1c1ccccc1. The summed E-state index contributed by atoms with van der Waals surface area (Å²) < 4.78 is 5.72. The Labute approximate surface area is 102 Å². The van der Waals surface area contributed by atoms with Crippen molar-refractivity contribution in [2.75, 3.05) is 0 Å². The van der Waals surface area contributed by atoms with Crippen LogP contribution in [0.25, 0.3) is 0 Å². The average Bonchev–Trinajstić information content (AvgIpc) is 2.68. The van der Waals surface area contributed by atoms with E-state index in [1.165, 1.54) is 19.3 Å². The van der Waals surface area contributed by atoms with E-state index in [0.717, 1.165) is 24.8 Å². The lowest BCUT2D eigenvalue weighted by Crippen LogP contribution is -2.30. The Kier molecular flexibility index (Phi) is 2.65. The summed E-state index contributed by atoms with van der Waals surface area (Å²) in [6, 6.07) is 10.0. The van der Waals surface area contributed by atoms with Crippen LogP contribution in [-0.4, -0.2) is 11.6 Å². The molecule has 1 saturated heterocycles. The maximum atomic E-state index is 12.0. The van der Waals surface area contributed by atoms with E-state index in [4.69, 9.17) is 4.74 Å². The summed E-state index contributed by atoms with van der Waals surface area (Å²) in [5.41, 5.74) is 0.982. The van der Waals surface area contributed by atoms with Gasteiger partial charge >= 0.3 is 5.97 Å². The van der Waals surface area contributed by atoms with Gasteiger partial charge in [-0.15, -0.1) is 0 Å². The second-order valence-electron chi connectivity index (χ2n) is 5.33. The predicted octanol–water partition coefficient (Wildman–Crippen LogP) is 3.42. The van der Waals surface area contributed by atoms with Crippen molar-refractivity contribution in [2.24, 2.45) is 0 Å². The first-order valence-corrected chi connectivity index (χ1v) is 6.57. The number of hydrogen-bond acceptors (Lipinski definition) is 2. The number of benzene rings is 1. The molecule has 2 fully saturated rings. The van der Waals surface area contributed by atoms with Crippen LogP contribution in [-0.2, 0) is 9.53 Å². The minimum atomic E-state index is -0.129. The molecule has 1 atom stereocenters. The molecule has 1 heterocycles. The lowest BCUT2D eigenvalue weighted by atomic mass is 9.79. The maximum Gasteiger partial charge on any atom is 0.314 e. The predicted molar refractivity (Wildman–Crippen MR) is 65.7 cm³/mol. The summed E-state index contributed by atoms with van der Waals surface area (Å²) in [6.45, 7) is 0. The number of carbonyl (C=O) groups excluding carboxylic acids is 1. The topological polar surface area (TPSA) is 26.3 Å². The van der Waals surface area contributed by atoms with Gasteiger partial charge in [0, 0.05) is 6.42 Å². The number of esters is 1. The van der Waals surface area contributed by atoms with Gasteiger partial charge in [0.15, 0.2) is 0 Å². The van der Waals surface area contributed by atoms with Crippen molar-refractivity contribution >= 4 is 5.97 Å². The first-order valence-electron chi connectivity index (χ1n) is 6.57. The molecule has 2 heteroatoms. The molecule has 2 aliphatic rings. The Balaban J connectivity index is 1.82. The van der Waals surface area contributed by atoms with Crippen LogP contribution < -0.4 is 0 Å². The lowest BCUT2D eigenvalue weighted by molar-refractivity contribution is -0.151. The van der Waals surface area contributed by atoms with Gasteiger partial charge in [-0.3, -0.25) is 4.79 Å². The zero-order chi connectivity index (χ0) is 11.7. The van der Waals surface area contributed by atoms with Gasteiger partial charge in [0.1, 0.15) is 5.60 Å². The summed E-state index contributed by atoms with van der Waals surface area (Å²) in [6.07, 6.45) is 6.69. The number of carbonyl (C=O) groups is 1. The van der Waals surface area contributed by atoms with Gasteiger partial charge in [-0.05, 0) is 31.2 Å². The standard InChI is InChI=1S/C15H18O2/c16-14-13(12-7-3-1-4-8-12)11-15(17-14)9-5-2-6-10-15/h1,3-4,7-8,13H,2,5-6,9-11H2. The second-order valence-corrected chi connectivity index (χ2v) is 5.33. The van der Waals surface area contributed by atoms with E-state index < -0.39 is 0 Å². The molecular weight excluding hydrogens is 212 g/mol. The molecule has 2 nitrogen and oxygen atoms in total. The van der Waals surface area contributed by atoms with Crippen molar-refractivity contribution in [3.8, 4) is 0 Å². The van der Waals surface area contributed by atoms with Crippen molar-refractivity contribution in [2.45, 2.75) is 50.0 Å². The van der Waals surface area contributed by atoms with Gasteiger partial charge in [-0.25, -0.2) is 0 Å². The molecule has 0 N–H and O–H groups in total. The van der Waals surface area contributed by atoms with Gasteiger partial charge in [0.05, 0.1) is 5.92 Å². The van der Waals surface area contributed by atoms with E-state index in [1.807, 2.05) is 30.3 Å². The number of rotatable bonds is 1. The third-order valence-electron chi connectivity index (χ3n) is 4.14. The highest BCUT2D eigenvalue weighted by molar-refractivity contribution is 5.81. The van der Waals surface area contributed by atoms with Gasteiger partial charge in [-0.2, -0.15) is 0 Å². The zero-order valence-corrected chi connectivity index (χ0v) is 10.0. The Morgan fingerprint density at radius 1 is 1.06 bits per heavy atom. The lowest BCUT2D eigenvalue weighted by Gasteiger charge is -2.31. The normalized spacial score (nSPS) is 27.1. The summed E-state index contributed by atoms with van der Waals surface area (Å²) in [4.78, 5) is 12.0. The molecule has 0 aromatic heterocycles. The van der Waals surface area contributed by atoms with Gasteiger partial charge < -0.3 is 4.74 Å². The Morgan fingerprint density at radius 3 is 2.47 bits per heavy atom. The first-order chi connectivity index (χ1) is 8.29. The van der Waals surface area contributed by atoms with Crippen molar-refractivity contribution in [1.29, 1.82) is 0 Å². The largest absolute Gasteiger partial charge is 0.459 e. The Morgan fingerprint density at radius 2 is 1.76 bits per heavy atom. The molecule has 1 spiro atoms. The molecule has 0 bridgehead atoms. The molecule has 0 amide bonds. The third-order valence-corrected chi connectivity index (χ3v) is 4.14. The van der Waals surface area contributed by atoms with Crippen LogP contribution in [0.3, 0.4) is 0 Å². The smallest absolute Gasteiger partial charge is 0.314 e. The van der Waals surface area contributed by atoms with Crippen LogP contribution in [0.15, 0.2) is 30.3 Å². The van der Waals surface area contributed by atoms with Crippen LogP contribution in [0.1, 0.15) is 50.0 Å². The average molecular weight is 230 g/mol. The van der Waals surface area contributed by atoms with Gasteiger partial charge in [0.2, 0.25) is 0 Å². The second kappa shape index (κ2) is 4.17. The first kappa shape index (κ1) is 10.8. The van der Waals surface area contributed by atoms with Crippen LogP contribution in [0.2, 0.25) is 0 Å². The molecule has 1 aromatic carbocycles. The molecule has 90 valence electrons. The van der Waals surface area contributed by atoms with E-state index >= 15 is 0 Å². The molecule has 1 unspecified atom stereocenters. The van der Waals surface area contributed by atoms with E-state index in [9.17, 15) is 4.79 Å².